The molecule has 1 heterocycles. The van der Waals surface area contributed by atoms with E-state index in [1.165, 1.54) is 10.4 Å². The Labute approximate surface area is 165 Å². The topological polar surface area (TPSA) is 66.5 Å². The van der Waals surface area contributed by atoms with Crippen LogP contribution in [-0.2, 0) is 27.1 Å². The van der Waals surface area contributed by atoms with Crippen LogP contribution >= 0.6 is 0 Å². The molecule has 7 heteroatoms. The number of sulfonamides is 1. The Bertz CT molecular complexity index is 938. The summed E-state index contributed by atoms with van der Waals surface area (Å²) in [6, 6.07) is 13.8. The highest BCUT2D eigenvalue weighted by molar-refractivity contribution is 7.88. The molecule has 0 saturated carbocycles. The number of rotatable bonds is 6. The van der Waals surface area contributed by atoms with Gasteiger partial charge in [-0.15, -0.1) is 0 Å². The highest BCUT2D eigenvalue weighted by Gasteiger charge is 2.31. The number of hydrogen-bond donors (Lipinski definition) is 1. The maximum atomic E-state index is 13.6. The van der Waals surface area contributed by atoms with Crippen LogP contribution in [-0.4, -0.2) is 31.7 Å². The average molecular weight is 405 g/mol. The van der Waals surface area contributed by atoms with Crippen molar-refractivity contribution < 1.29 is 17.6 Å². The van der Waals surface area contributed by atoms with Crippen molar-refractivity contribution >= 4 is 15.9 Å². The number of carbonyl (C=O) groups is 1. The van der Waals surface area contributed by atoms with Gasteiger partial charge < -0.3 is 5.32 Å². The number of carbonyl (C=O) groups excluding carboxylic acids is 1. The van der Waals surface area contributed by atoms with Crippen molar-refractivity contribution in [3.8, 4) is 0 Å². The van der Waals surface area contributed by atoms with Crippen molar-refractivity contribution in [3.63, 3.8) is 0 Å². The summed E-state index contributed by atoms with van der Waals surface area (Å²) in [6.45, 7) is 2.69. The van der Waals surface area contributed by atoms with Crippen molar-refractivity contribution in [1.82, 2.24) is 9.62 Å². The third-order valence-corrected chi connectivity index (χ3v) is 7.06. The molecule has 1 saturated heterocycles. The van der Waals surface area contributed by atoms with Crippen LogP contribution in [0.2, 0.25) is 0 Å². The molecule has 0 spiro atoms. The minimum Gasteiger partial charge on any atom is -0.352 e. The minimum absolute atomic E-state index is 0.0240. The lowest BCUT2D eigenvalue weighted by molar-refractivity contribution is -0.126. The van der Waals surface area contributed by atoms with Crippen molar-refractivity contribution in [1.29, 1.82) is 0 Å². The predicted octanol–water partition coefficient (Wildman–Crippen LogP) is 2.99. The molecule has 2 aromatic carbocycles. The summed E-state index contributed by atoms with van der Waals surface area (Å²) < 4.78 is 40.6. The van der Waals surface area contributed by atoms with Crippen LogP contribution in [0.25, 0.3) is 0 Å². The van der Waals surface area contributed by atoms with Crippen molar-refractivity contribution in [2.75, 3.05) is 13.1 Å². The molecule has 1 aliphatic heterocycles. The Balaban J connectivity index is 1.53. The van der Waals surface area contributed by atoms with Gasteiger partial charge in [-0.2, -0.15) is 0 Å². The van der Waals surface area contributed by atoms with Gasteiger partial charge in [-0.1, -0.05) is 42.5 Å². The Hall–Kier alpha value is -2.25. The number of piperidine rings is 1. The average Bonchev–Trinajstić information content (AvgIpc) is 2.69. The van der Waals surface area contributed by atoms with Crippen molar-refractivity contribution in [2.24, 2.45) is 5.92 Å². The molecule has 1 aliphatic rings. The van der Waals surface area contributed by atoms with Crippen LogP contribution < -0.4 is 5.32 Å². The first-order chi connectivity index (χ1) is 13.4. The van der Waals surface area contributed by atoms with E-state index in [0.717, 1.165) is 11.1 Å². The highest BCUT2D eigenvalue weighted by atomic mass is 32.2. The third kappa shape index (κ3) is 4.97. The second kappa shape index (κ2) is 8.84. The molecule has 2 aromatic rings. The van der Waals surface area contributed by atoms with E-state index >= 15 is 0 Å². The van der Waals surface area contributed by atoms with E-state index in [-0.39, 0.29) is 29.9 Å². The number of nitrogens with one attached hydrogen (secondary N) is 1. The number of aryl methyl sites for hydroxylation is 1. The predicted molar refractivity (Wildman–Crippen MR) is 106 cm³/mol. The van der Waals surface area contributed by atoms with Gasteiger partial charge in [0.2, 0.25) is 15.9 Å². The Morgan fingerprint density at radius 1 is 1.07 bits per heavy atom. The molecule has 1 amide bonds. The normalized spacial score (nSPS) is 16.1. The van der Waals surface area contributed by atoms with Gasteiger partial charge in [-0.3, -0.25) is 4.79 Å². The molecule has 150 valence electrons. The van der Waals surface area contributed by atoms with Gasteiger partial charge in [0.25, 0.3) is 0 Å². The SMILES string of the molecule is Cc1ccccc1CS(=O)(=O)N1CCC(C(=O)NCc2ccccc2F)CC1. The molecule has 0 radical (unpaired) electrons. The van der Waals surface area contributed by atoms with Gasteiger partial charge in [0, 0.05) is 31.1 Å². The van der Waals surface area contributed by atoms with Crippen LogP contribution in [0, 0.1) is 18.7 Å². The zero-order valence-electron chi connectivity index (χ0n) is 15.9. The Morgan fingerprint density at radius 3 is 2.32 bits per heavy atom. The largest absolute Gasteiger partial charge is 0.352 e. The molecule has 1 fully saturated rings. The summed E-state index contributed by atoms with van der Waals surface area (Å²) in [7, 11) is -3.42. The first kappa shape index (κ1) is 20.5. The van der Waals surface area contributed by atoms with E-state index in [4.69, 9.17) is 0 Å². The lowest BCUT2D eigenvalue weighted by Crippen LogP contribution is -2.43. The van der Waals surface area contributed by atoms with Gasteiger partial charge >= 0.3 is 0 Å². The molecule has 5 nitrogen and oxygen atoms in total. The standard InChI is InChI=1S/C21H25FN2O3S/c1-16-6-2-3-8-19(16)15-28(26,27)24-12-10-17(11-13-24)21(25)23-14-18-7-4-5-9-20(18)22/h2-9,17H,10-15H2,1H3,(H,23,25). The van der Waals surface area contributed by atoms with E-state index in [9.17, 15) is 17.6 Å². The van der Waals surface area contributed by atoms with Crippen LogP contribution in [0.1, 0.15) is 29.5 Å². The second-order valence-corrected chi connectivity index (χ2v) is 9.13. The maximum Gasteiger partial charge on any atom is 0.223 e. The Kier molecular flexibility index (Phi) is 6.46. The number of nitrogens with zero attached hydrogens (tertiary/aromatic N) is 1. The van der Waals surface area contributed by atoms with Gasteiger partial charge in [0.1, 0.15) is 5.82 Å². The van der Waals surface area contributed by atoms with Crippen molar-refractivity contribution in [2.45, 2.75) is 32.1 Å². The summed E-state index contributed by atoms with van der Waals surface area (Å²) in [5, 5.41) is 2.76. The summed E-state index contributed by atoms with van der Waals surface area (Å²) in [4.78, 5) is 12.4. The fourth-order valence-corrected chi connectivity index (χ4v) is 5.09. The fourth-order valence-electron chi connectivity index (χ4n) is 3.42. The molecule has 0 unspecified atom stereocenters. The number of hydrogen-bond acceptors (Lipinski definition) is 3. The number of halogens is 1. The van der Waals surface area contributed by atoms with Crippen LogP contribution in [0.15, 0.2) is 48.5 Å². The quantitative estimate of drug-likeness (QED) is 0.805. The van der Waals surface area contributed by atoms with Gasteiger partial charge in [0.05, 0.1) is 5.75 Å². The smallest absolute Gasteiger partial charge is 0.223 e. The molecule has 1 N–H and O–H groups in total. The molecule has 3 rings (SSSR count). The molecule has 0 aliphatic carbocycles. The summed E-state index contributed by atoms with van der Waals surface area (Å²) in [5.41, 5.74) is 2.19. The highest BCUT2D eigenvalue weighted by Crippen LogP contribution is 2.23. The first-order valence-electron chi connectivity index (χ1n) is 9.40. The molecule has 0 bridgehead atoms. The summed E-state index contributed by atoms with van der Waals surface area (Å²) in [5.74, 6) is -0.778. The summed E-state index contributed by atoms with van der Waals surface area (Å²) in [6.07, 6.45) is 0.937. The monoisotopic (exact) mass is 404 g/mol. The van der Waals surface area contributed by atoms with Gasteiger partial charge in [0.15, 0.2) is 0 Å². The van der Waals surface area contributed by atoms with Crippen LogP contribution in [0.3, 0.4) is 0 Å². The van der Waals surface area contributed by atoms with E-state index in [0.29, 0.717) is 31.5 Å². The lowest BCUT2D eigenvalue weighted by Gasteiger charge is -2.30. The third-order valence-electron chi connectivity index (χ3n) is 5.23. The minimum atomic E-state index is -3.42. The van der Waals surface area contributed by atoms with E-state index in [1.807, 2.05) is 31.2 Å². The van der Waals surface area contributed by atoms with Gasteiger partial charge in [-0.05, 0) is 37.0 Å². The summed E-state index contributed by atoms with van der Waals surface area (Å²) >= 11 is 0. The molecular weight excluding hydrogens is 379 g/mol. The van der Waals surface area contributed by atoms with E-state index in [2.05, 4.69) is 5.32 Å². The molecular formula is C21H25FN2O3S. The number of amides is 1. The second-order valence-electron chi connectivity index (χ2n) is 7.17. The number of benzene rings is 2. The Morgan fingerprint density at radius 2 is 1.68 bits per heavy atom. The van der Waals surface area contributed by atoms with E-state index in [1.54, 1.807) is 18.2 Å². The molecule has 0 aromatic heterocycles. The van der Waals surface area contributed by atoms with Crippen LogP contribution in [0.4, 0.5) is 4.39 Å². The lowest BCUT2D eigenvalue weighted by atomic mass is 9.97. The maximum absolute atomic E-state index is 13.6. The first-order valence-corrected chi connectivity index (χ1v) is 11.0. The fraction of sp³-hybridized carbons (Fsp3) is 0.381. The zero-order valence-corrected chi connectivity index (χ0v) is 16.7. The van der Waals surface area contributed by atoms with Crippen molar-refractivity contribution in [3.05, 3.63) is 71.0 Å². The zero-order chi connectivity index (χ0) is 20.1. The van der Waals surface area contributed by atoms with E-state index < -0.39 is 10.0 Å². The van der Waals surface area contributed by atoms with Gasteiger partial charge in [-0.25, -0.2) is 17.1 Å². The molecule has 0 atom stereocenters. The van der Waals surface area contributed by atoms with Crippen LogP contribution in [0.5, 0.6) is 0 Å². The molecule has 28 heavy (non-hydrogen) atoms.